The average Bonchev–Trinajstić information content (AvgIpc) is 2.16. The summed E-state index contributed by atoms with van der Waals surface area (Å²) in [5.74, 6) is 0.707. The highest BCUT2D eigenvalue weighted by Gasteiger charge is 2.24. The summed E-state index contributed by atoms with van der Waals surface area (Å²) < 4.78 is 5.34. The fraction of sp³-hybridized carbons (Fsp3) is 0.583. The van der Waals surface area contributed by atoms with Crippen LogP contribution in [-0.2, 0) is 0 Å². The highest BCUT2D eigenvalue weighted by atomic mass is 16.5. The van der Waals surface area contributed by atoms with Gasteiger partial charge in [0.25, 0.3) is 0 Å². The lowest BCUT2D eigenvalue weighted by atomic mass is 9.85. The lowest BCUT2D eigenvalue weighted by molar-refractivity contribution is 0.0621. The first-order chi connectivity index (χ1) is 6.95. The molecule has 3 heteroatoms. The van der Waals surface area contributed by atoms with Crippen molar-refractivity contribution in [1.29, 1.82) is 0 Å². The zero-order valence-electron chi connectivity index (χ0n) is 9.82. The van der Waals surface area contributed by atoms with Crippen LogP contribution < -0.4 is 4.74 Å². The van der Waals surface area contributed by atoms with Crippen LogP contribution in [0.5, 0.6) is 5.75 Å². The fourth-order valence-corrected chi connectivity index (χ4v) is 1.33. The van der Waals surface area contributed by atoms with Gasteiger partial charge in [-0.1, -0.05) is 20.8 Å². The first-order valence-corrected chi connectivity index (χ1v) is 5.21. The molecular formula is C12H19NO2. The van der Waals surface area contributed by atoms with E-state index < -0.39 is 6.10 Å². The van der Waals surface area contributed by atoms with Crippen LogP contribution in [0.3, 0.4) is 0 Å². The molecule has 1 heterocycles. The summed E-state index contributed by atoms with van der Waals surface area (Å²) in [6.45, 7) is 8.50. The predicted octanol–water partition coefficient (Wildman–Crippen LogP) is 2.56. The Morgan fingerprint density at radius 2 is 2.07 bits per heavy atom. The summed E-state index contributed by atoms with van der Waals surface area (Å²) in [4.78, 5) is 4.05. The van der Waals surface area contributed by atoms with Crippen molar-refractivity contribution in [2.75, 3.05) is 6.61 Å². The van der Waals surface area contributed by atoms with Crippen molar-refractivity contribution in [3.8, 4) is 5.75 Å². The van der Waals surface area contributed by atoms with E-state index in [0.717, 1.165) is 5.56 Å². The highest BCUT2D eigenvalue weighted by Crippen LogP contribution is 2.33. The Bertz CT molecular complexity index is 318. The number of aromatic nitrogens is 1. The second kappa shape index (κ2) is 4.62. The van der Waals surface area contributed by atoms with Gasteiger partial charge in [-0.25, -0.2) is 0 Å². The Labute approximate surface area is 91.1 Å². The molecule has 0 amide bonds. The molecule has 0 spiro atoms. The number of aliphatic hydroxyl groups is 1. The minimum Gasteiger partial charge on any atom is -0.492 e. The van der Waals surface area contributed by atoms with Gasteiger partial charge in [0.2, 0.25) is 0 Å². The summed E-state index contributed by atoms with van der Waals surface area (Å²) in [6.07, 6.45) is 2.81. The molecule has 0 aliphatic rings. The van der Waals surface area contributed by atoms with Crippen LogP contribution in [0.2, 0.25) is 0 Å². The molecule has 0 aromatic carbocycles. The maximum absolute atomic E-state index is 10.1. The normalized spacial score (nSPS) is 13.7. The van der Waals surface area contributed by atoms with Gasteiger partial charge < -0.3 is 9.84 Å². The monoisotopic (exact) mass is 209 g/mol. The molecule has 1 atom stereocenters. The van der Waals surface area contributed by atoms with E-state index >= 15 is 0 Å². The fourth-order valence-electron chi connectivity index (χ4n) is 1.33. The summed E-state index contributed by atoms with van der Waals surface area (Å²) >= 11 is 0. The van der Waals surface area contributed by atoms with Crippen LogP contribution in [0.15, 0.2) is 18.5 Å². The number of aliphatic hydroxyl groups excluding tert-OH is 1. The number of ether oxygens (including phenoxy) is 1. The topological polar surface area (TPSA) is 42.4 Å². The molecule has 0 saturated carbocycles. The van der Waals surface area contributed by atoms with Crippen molar-refractivity contribution in [3.05, 3.63) is 24.0 Å². The standard InChI is InChI=1S/C12H19NO2/c1-5-15-10-6-9(7-13-8-10)11(14)12(2,3)4/h6-8,11,14H,5H2,1-4H3. The van der Waals surface area contributed by atoms with Gasteiger partial charge in [-0.3, -0.25) is 4.98 Å². The zero-order chi connectivity index (χ0) is 11.5. The van der Waals surface area contributed by atoms with E-state index in [4.69, 9.17) is 4.74 Å². The second-order valence-electron chi connectivity index (χ2n) is 4.66. The van der Waals surface area contributed by atoms with E-state index in [9.17, 15) is 5.11 Å². The number of hydrogen-bond acceptors (Lipinski definition) is 3. The van der Waals surface area contributed by atoms with Crippen molar-refractivity contribution in [2.45, 2.75) is 33.8 Å². The zero-order valence-corrected chi connectivity index (χ0v) is 9.82. The number of hydrogen-bond donors (Lipinski definition) is 1. The molecule has 0 bridgehead atoms. The Balaban J connectivity index is 2.90. The summed E-state index contributed by atoms with van der Waals surface area (Å²) in [7, 11) is 0. The van der Waals surface area contributed by atoms with Crippen molar-refractivity contribution < 1.29 is 9.84 Å². The first kappa shape index (κ1) is 12.0. The second-order valence-corrected chi connectivity index (χ2v) is 4.66. The van der Waals surface area contributed by atoms with Gasteiger partial charge in [-0.05, 0) is 18.4 Å². The van der Waals surface area contributed by atoms with Crippen LogP contribution in [0.4, 0.5) is 0 Å². The Hall–Kier alpha value is -1.09. The molecule has 1 rings (SSSR count). The average molecular weight is 209 g/mol. The smallest absolute Gasteiger partial charge is 0.137 e. The van der Waals surface area contributed by atoms with E-state index in [2.05, 4.69) is 4.98 Å². The minimum absolute atomic E-state index is 0.188. The van der Waals surface area contributed by atoms with Gasteiger partial charge in [0.15, 0.2) is 0 Å². The molecule has 0 aliphatic heterocycles. The Kier molecular flexibility index (Phi) is 3.69. The Morgan fingerprint density at radius 3 is 2.60 bits per heavy atom. The molecule has 1 aromatic heterocycles. The van der Waals surface area contributed by atoms with E-state index in [1.807, 2.05) is 33.8 Å². The molecule has 15 heavy (non-hydrogen) atoms. The quantitative estimate of drug-likeness (QED) is 0.832. The summed E-state index contributed by atoms with van der Waals surface area (Å²) in [6, 6.07) is 1.84. The molecular weight excluding hydrogens is 190 g/mol. The van der Waals surface area contributed by atoms with Gasteiger partial charge in [-0.15, -0.1) is 0 Å². The van der Waals surface area contributed by atoms with Crippen LogP contribution >= 0.6 is 0 Å². The van der Waals surface area contributed by atoms with Gasteiger partial charge in [0, 0.05) is 11.8 Å². The third kappa shape index (κ3) is 3.20. The van der Waals surface area contributed by atoms with E-state index in [1.54, 1.807) is 12.4 Å². The summed E-state index contributed by atoms with van der Waals surface area (Å²) in [5, 5.41) is 10.1. The lowest BCUT2D eigenvalue weighted by Crippen LogP contribution is -2.18. The van der Waals surface area contributed by atoms with E-state index in [1.165, 1.54) is 0 Å². The molecule has 1 N–H and O–H groups in total. The van der Waals surface area contributed by atoms with Gasteiger partial charge >= 0.3 is 0 Å². The van der Waals surface area contributed by atoms with Crippen molar-refractivity contribution in [3.63, 3.8) is 0 Å². The van der Waals surface area contributed by atoms with Crippen LogP contribution in [0, 0.1) is 5.41 Å². The number of pyridine rings is 1. The molecule has 0 saturated heterocycles. The maximum Gasteiger partial charge on any atom is 0.137 e. The highest BCUT2D eigenvalue weighted by molar-refractivity contribution is 5.26. The number of nitrogens with zero attached hydrogens (tertiary/aromatic N) is 1. The van der Waals surface area contributed by atoms with Crippen molar-refractivity contribution in [1.82, 2.24) is 4.98 Å². The molecule has 3 nitrogen and oxygen atoms in total. The molecule has 0 fully saturated rings. The minimum atomic E-state index is -0.523. The first-order valence-electron chi connectivity index (χ1n) is 5.21. The summed E-state index contributed by atoms with van der Waals surface area (Å²) in [5.41, 5.74) is 0.612. The molecule has 0 radical (unpaired) electrons. The van der Waals surface area contributed by atoms with Gasteiger partial charge in [-0.2, -0.15) is 0 Å². The lowest BCUT2D eigenvalue weighted by Gasteiger charge is -2.26. The van der Waals surface area contributed by atoms with Crippen molar-refractivity contribution in [2.24, 2.45) is 5.41 Å². The third-order valence-corrected chi connectivity index (χ3v) is 2.18. The molecule has 1 unspecified atom stereocenters. The maximum atomic E-state index is 10.1. The largest absolute Gasteiger partial charge is 0.492 e. The van der Waals surface area contributed by atoms with Crippen LogP contribution in [0.25, 0.3) is 0 Å². The van der Waals surface area contributed by atoms with E-state index in [0.29, 0.717) is 12.4 Å². The Morgan fingerprint density at radius 1 is 1.40 bits per heavy atom. The SMILES string of the molecule is CCOc1cncc(C(O)C(C)(C)C)c1. The van der Waals surface area contributed by atoms with Gasteiger partial charge in [0.05, 0.1) is 18.9 Å². The van der Waals surface area contributed by atoms with Crippen LogP contribution in [0.1, 0.15) is 39.4 Å². The van der Waals surface area contributed by atoms with Crippen LogP contribution in [-0.4, -0.2) is 16.7 Å². The van der Waals surface area contributed by atoms with E-state index in [-0.39, 0.29) is 5.41 Å². The predicted molar refractivity (Wildman–Crippen MR) is 59.8 cm³/mol. The molecule has 84 valence electrons. The third-order valence-electron chi connectivity index (χ3n) is 2.18. The van der Waals surface area contributed by atoms with Crippen molar-refractivity contribution >= 4 is 0 Å². The number of rotatable bonds is 3. The molecule has 0 aliphatic carbocycles. The molecule has 1 aromatic rings. The van der Waals surface area contributed by atoms with Gasteiger partial charge in [0.1, 0.15) is 5.75 Å².